The van der Waals surface area contributed by atoms with Gasteiger partial charge in [-0.3, -0.25) is 0 Å². The number of hydrogen-bond acceptors (Lipinski definition) is 5. The van der Waals surface area contributed by atoms with Crippen LogP contribution in [0.5, 0.6) is 0 Å². The lowest BCUT2D eigenvalue weighted by molar-refractivity contribution is 0.670. The second kappa shape index (κ2) is 10.7. The summed E-state index contributed by atoms with van der Waals surface area (Å²) in [7, 11) is 0. The first-order chi connectivity index (χ1) is 23.8. The normalized spacial score (nSPS) is 11.8. The number of rotatable bonds is 4. The molecular formula is C43H25N3OS. The monoisotopic (exact) mass is 631 g/mol. The molecule has 0 aliphatic carbocycles. The van der Waals surface area contributed by atoms with E-state index in [2.05, 4.69) is 78.9 Å². The first-order valence-corrected chi connectivity index (χ1v) is 16.8. The summed E-state index contributed by atoms with van der Waals surface area (Å²) in [5.74, 6) is 1.87. The lowest BCUT2D eigenvalue weighted by atomic mass is 9.92. The lowest BCUT2D eigenvalue weighted by Gasteiger charge is -2.13. The Balaban J connectivity index is 1.31. The van der Waals surface area contributed by atoms with Gasteiger partial charge in [0.2, 0.25) is 0 Å². The van der Waals surface area contributed by atoms with Crippen LogP contribution >= 0.6 is 11.3 Å². The smallest absolute Gasteiger partial charge is 0.164 e. The lowest BCUT2D eigenvalue weighted by Crippen LogP contribution is -2.00. The van der Waals surface area contributed by atoms with E-state index in [4.69, 9.17) is 19.4 Å². The van der Waals surface area contributed by atoms with Crippen LogP contribution in [-0.2, 0) is 0 Å². The molecule has 0 aliphatic rings. The molecule has 3 heterocycles. The van der Waals surface area contributed by atoms with Crippen LogP contribution in [0, 0.1) is 0 Å². The van der Waals surface area contributed by atoms with Gasteiger partial charge >= 0.3 is 0 Å². The van der Waals surface area contributed by atoms with Crippen molar-refractivity contribution < 1.29 is 4.42 Å². The highest BCUT2D eigenvalue weighted by Gasteiger charge is 2.23. The van der Waals surface area contributed by atoms with Crippen molar-refractivity contribution in [2.24, 2.45) is 0 Å². The van der Waals surface area contributed by atoms with Gasteiger partial charge in [-0.25, -0.2) is 15.0 Å². The highest BCUT2D eigenvalue weighted by atomic mass is 32.1. The fourth-order valence-corrected chi connectivity index (χ4v) is 8.19. The molecule has 5 heteroatoms. The Labute approximate surface area is 279 Å². The molecule has 0 aliphatic heterocycles. The average Bonchev–Trinajstić information content (AvgIpc) is 3.73. The maximum absolute atomic E-state index is 6.84. The molecule has 48 heavy (non-hydrogen) atoms. The molecular weight excluding hydrogens is 607 g/mol. The number of nitrogens with zero attached hydrogens (tertiary/aromatic N) is 3. The van der Waals surface area contributed by atoms with E-state index in [1.54, 1.807) is 0 Å². The van der Waals surface area contributed by atoms with E-state index in [1.807, 2.05) is 84.1 Å². The SMILES string of the molecule is c1ccc(-c2nc(-c3ccccc3)nc(-c3ccc(-c4c5ccccc5cc5c4sc4ccccc45)c4oc5ccccc5c34)n2)cc1. The van der Waals surface area contributed by atoms with E-state index in [1.165, 1.54) is 36.5 Å². The van der Waals surface area contributed by atoms with E-state index in [9.17, 15) is 0 Å². The Morgan fingerprint density at radius 1 is 0.458 bits per heavy atom. The molecule has 0 saturated heterocycles. The summed E-state index contributed by atoms with van der Waals surface area (Å²) in [5.41, 5.74) is 6.67. The van der Waals surface area contributed by atoms with Crippen LogP contribution < -0.4 is 0 Å². The number of benzene rings is 7. The number of hydrogen-bond donors (Lipinski definition) is 0. The van der Waals surface area contributed by atoms with Crippen molar-refractivity contribution in [1.82, 2.24) is 15.0 Å². The fraction of sp³-hybridized carbons (Fsp3) is 0. The van der Waals surface area contributed by atoms with E-state index in [0.717, 1.165) is 44.2 Å². The third-order valence-electron chi connectivity index (χ3n) is 9.13. The zero-order chi connectivity index (χ0) is 31.6. The van der Waals surface area contributed by atoms with Gasteiger partial charge in [-0.1, -0.05) is 121 Å². The minimum absolute atomic E-state index is 0.607. The Hall–Kier alpha value is -6.17. The predicted octanol–water partition coefficient (Wildman–Crippen LogP) is 12.0. The summed E-state index contributed by atoms with van der Waals surface area (Å²) in [5, 5.41) is 6.96. The van der Waals surface area contributed by atoms with Gasteiger partial charge in [-0.05, 0) is 41.1 Å². The summed E-state index contributed by atoms with van der Waals surface area (Å²) >= 11 is 1.84. The second-order valence-corrected chi connectivity index (χ2v) is 13.0. The Morgan fingerprint density at radius 2 is 1.04 bits per heavy atom. The highest BCUT2D eigenvalue weighted by Crippen LogP contribution is 2.48. The molecule has 224 valence electrons. The zero-order valence-electron chi connectivity index (χ0n) is 25.6. The third kappa shape index (κ3) is 4.18. The van der Waals surface area contributed by atoms with Gasteiger partial charge < -0.3 is 4.42 Å². The zero-order valence-corrected chi connectivity index (χ0v) is 26.4. The standard InChI is InChI=1S/C43H25N3OS/c1-3-13-26(14-4-1)41-44-42(27-15-5-2-6-16-27)46-43(45-41)33-24-23-32(39-37(33)31-20-9-11-21-35(31)47-39)38-29-18-8-7-17-28(29)25-34-30-19-10-12-22-36(30)48-40(34)38/h1-25H. The number of thiophene rings is 1. The molecule has 4 nitrogen and oxygen atoms in total. The van der Waals surface area contributed by atoms with Crippen molar-refractivity contribution in [3.8, 4) is 45.3 Å². The maximum Gasteiger partial charge on any atom is 0.164 e. The molecule has 0 saturated carbocycles. The second-order valence-electron chi connectivity index (χ2n) is 11.9. The molecule has 0 radical (unpaired) electrons. The minimum Gasteiger partial charge on any atom is -0.455 e. The Morgan fingerprint density at radius 3 is 1.79 bits per heavy atom. The molecule has 0 fully saturated rings. The number of fused-ring (bicyclic) bond motifs is 7. The van der Waals surface area contributed by atoms with Crippen LogP contribution in [0.2, 0.25) is 0 Å². The molecule has 0 unspecified atom stereocenters. The largest absolute Gasteiger partial charge is 0.455 e. The number of para-hydroxylation sites is 1. The van der Waals surface area contributed by atoms with Crippen molar-refractivity contribution in [3.05, 3.63) is 152 Å². The first kappa shape index (κ1) is 27.0. The molecule has 0 amide bonds. The van der Waals surface area contributed by atoms with Gasteiger partial charge in [0.15, 0.2) is 17.5 Å². The van der Waals surface area contributed by atoms with Gasteiger partial charge in [-0.2, -0.15) is 0 Å². The number of furan rings is 1. The summed E-state index contributed by atoms with van der Waals surface area (Å²) in [6.07, 6.45) is 0. The molecule has 0 bridgehead atoms. The third-order valence-corrected chi connectivity index (χ3v) is 10.3. The average molecular weight is 632 g/mol. The van der Waals surface area contributed by atoms with E-state index in [0.29, 0.717) is 17.5 Å². The fourth-order valence-electron chi connectivity index (χ4n) is 6.93. The predicted molar refractivity (Wildman–Crippen MR) is 199 cm³/mol. The van der Waals surface area contributed by atoms with Crippen molar-refractivity contribution in [1.29, 1.82) is 0 Å². The van der Waals surface area contributed by atoms with E-state index < -0.39 is 0 Å². The topological polar surface area (TPSA) is 51.8 Å². The van der Waals surface area contributed by atoms with Crippen molar-refractivity contribution in [2.45, 2.75) is 0 Å². The first-order valence-electron chi connectivity index (χ1n) is 15.9. The quantitative estimate of drug-likeness (QED) is 0.194. The maximum atomic E-state index is 6.84. The molecule has 3 aromatic heterocycles. The van der Waals surface area contributed by atoms with E-state index >= 15 is 0 Å². The summed E-state index contributed by atoms with van der Waals surface area (Å²) < 4.78 is 9.36. The van der Waals surface area contributed by atoms with Crippen LogP contribution in [0.4, 0.5) is 0 Å². The van der Waals surface area contributed by atoms with Gasteiger partial charge in [-0.15, -0.1) is 11.3 Å². The summed E-state index contributed by atoms with van der Waals surface area (Å²) in [6, 6.07) is 52.5. The van der Waals surface area contributed by atoms with E-state index in [-0.39, 0.29) is 0 Å². The summed E-state index contributed by atoms with van der Waals surface area (Å²) in [6.45, 7) is 0. The van der Waals surface area contributed by atoms with Crippen molar-refractivity contribution >= 4 is 64.2 Å². The Kier molecular flexibility index (Phi) is 6.01. The van der Waals surface area contributed by atoms with Crippen LogP contribution in [0.3, 0.4) is 0 Å². The Bertz CT molecular complexity index is 2780. The van der Waals surface area contributed by atoms with Gasteiger partial charge in [0.25, 0.3) is 0 Å². The minimum atomic E-state index is 0.607. The summed E-state index contributed by atoms with van der Waals surface area (Å²) in [4.78, 5) is 15.1. The molecule has 10 aromatic rings. The van der Waals surface area contributed by atoms with Gasteiger partial charge in [0.05, 0.1) is 0 Å². The molecule has 0 N–H and O–H groups in total. The van der Waals surface area contributed by atoms with Crippen LogP contribution in [0.15, 0.2) is 156 Å². The highest BCUT2D eigenvalue weighted by molar-refractivity contribution is 7.26. The van der Waals surface area contributed by atoms with Gasteiger partial charge in [0, 0.05) is 58.8 Å². The molecule has 0 spiro atoms. The van der Waals surface area contributed by atoms with Gasteiger partial charge in [0.1, 0.15) is 11.2 Å². The molecule has 10 rings (SSSR count). The molecule has 7 aromatic carbocycles. The van der Waals surface area contributed by atoms with Crippen LogP contribution in [-0.4, -0.2) is 15.0 Å². The molecule has 0 atom stereocenters. The van der Waals surface area contributed by atoms with Crippen LogP contribution in [0.1, 0.15) is 0 Å². The number of aromatic nitrogens is 3. The van der Waals surface area contributed by atoms with Crippen LogP contribution in [0.25, 0.3) is 98.2 Å². The van der Waals surface area contributed by atoms with Crippen molar-refractivity contribution in [3.63, 3.8) is 0 Å². The van der Waals surface area contributed by atoms with Crippen molar-refractivity contribution in [2.75, 3.05) is 0 Å².